The first-order chi connectivity index (χ1) is 14.0. The molecule has 3 heterocycles. The van der Waals surface area contributed by atoms with E-state index in [1.807, 2.05) is 13.8 Å². The summed E-state index contributed by atoms with van der Waals surface area (Å²) in [5, 5.41) is 23.7. The highest BCUT2D eigenvalue weighted by atomic mass is 32.2. The van der Waals surface area contributed by atoms with Gasteiger partial charge < -0.3 is 20.9 Å². The Hall–Kier alpha value is -2.43. The fourth-order valence-electron chi connectivity index (χ4n) is 3.92. The van der Waals surface area contributed by atoms with Gasteiger partial charge in [-0.05, 0) is 31.4 Å². The van der Waals surface area contributed by atoms with E-state index in [1.165, 1.54) is 17.5 Å². The van der Waals surface area contributed by atoms with E-state index in [4.69, 9.17) is 20.7 Å². The Labute approximate surface area is 173 Å². The number of pyridine rings is 1. The number of nitrogens with zero attached hydrogens (tertiary/aromatic N) is 5. The van der Waals surface area contributed by atoms with E-state index in [0.29, 0.717) is 24.6 Å². The van der Waals surface area contributed by atoms with Crippen molar-refractivity contribution < 1.29 is 9.84 Å². The zero-order chi connectivity index (χ0) is 20.5. The van der Waals surface area contributed by atoms with Crippen molar-refractivity contribution in [2.24, 2.45) is 20.3 Å². The van der Waals surface area contributed by atoms with Crippen LogP contribution in [0.25, 0.3) is 0 Å². The lowest BCUT2D eigenvalue weighted by Crippen LogP contribution is -2.34. The van der Waals surface area contributed by atoms with Crippen LogP contribution in [0.15, 0.2) is 31.9 Å². The summed E-state index contributed by atoms with van der Waals surface area (Å²) < 4.78 is 9.90. The maximum absolute atomic E-state index is 9.20. The van der Waals surface area contributed by atoms with Crippen LogP contribution in [0, 0.1) is 13.8 Å². The molecule has 1 unspecified atom stereocenters. The van der Waals surface area contributed by atoms with Gasteiger partial charge in [-0.2, -0.15) is 19.7 Å². The second kappa shape index (κ2) is 8.13. The Kier molecular flexibility index (Phi) is 5.57. The van der Waals surface area contributed by atoms with Crippen LogP contribution in [-0.2, 0) is 6.54 Å². The number of hydrogen-bond acceptors (Lipinski definition) is 10. The summed E-state index contributed by atoms with van der Waals surface area (Å²) in [6, 6.07) is 0.106. The maximum Gasteiger partial charge on any atom is 0.160 e. The number of ether oxygens (including phenoxy) is 1. The van der Waals surface area contributed by atoms with Crippen LogP contribution in [-0.4, -0.2) is 64.5 Å². The predicted molar refractivity (Wildman–Crippen MR) is 115 cm³/mol. The summed E-state index contributed by atoms with van der Waals surface area (Å²) in [5.41, 5.74) is 12.8. The van der Waals surface area contributed by atoms with Gasteiger partial charge in [0.25, 0.3) is 0 Å². The van der Waals surface area contributed by atoms with Gasteiger partial charge in [0.15, 0.2) is 5.84 Å². The third kappa shape index (κ3) is 3.63. The number of nitrogens with one attached hydrogen (secondary N) is 1. The van der Waals surface area contributed by atoms with Crippen molar-refractivity contribution in [3.05, 3.63) is 34.2 Å². The number of aliphatic hydroxyl groups excluding tert-OH is 1. The summed E-state index contributed by atoms with van der Waals surface area (Å²) in [5.74, 6) is 1.97. The molecule has 4 N–H and O–H groups in total. The van der Waals surface area contributed by atoms with Crippen LogP contribution in [0.5, 0.6) is 5.75 Å². The zero-order valence-electron chi connectivity index (χ0n) is 16.8. The molecule has 0 radical (unpaired) electrons. The third-order valence-corrected chi connectivity index (χ3v) is 6.05. The number of nitrogens with two attached hydrogens (primary N) is 1. The molecule has 9 nitrogen and oxygen atoms in total. The van der Waals surface area contributed by atoms with E-state index in [1.54, 1.807) is 18.4 Å². The van der Waals surface area contributed by atoms with Gasteiger partial charge in [0.2, 0.25) is 0 Å². The number of aliphatic hydroxyl groups is 1. The monoisotopic (exact) mass is 415 g/mol. The molecule has 1 aliphatic carbocycles. The van der Waals surface area contributed by atoms with E-state index in [2.05, 4.69) is 14.7 Å². The average molecular weight is 416 g/mol. The second-order valence-electron chi connectivity index (χ2n) is 7.16. The third-order valence-electron chi connectivity index (χ3n) is 5.29. The van der Waals surface area contributed by atoms with Crippen molar-refractivity contribution in [1.29, 1.82) is 0 Å². The van der Waals surface area contributed by atoms with E-state index < -0.39 is 0 Å². The molecule has 1 aromatic rings. The number of hydrogen-bond donors (Lipinski definition) is 3. The molecule has 1 aromatic heterocycles. The quantitative estimate of drug-likeness (QED) is 0.591. The number of hydrazone groups is 2. The highest BCUT2D eigenvalue weighted by Gasteiger charge is 2.38. The molecule has 29 heavy (non-hydrogen) atoms. The van der Waals surface area contributed by atoms with E-state index in [9.17, 15) is 5.11 Å². The number of aromatic nitrogens is 1. The van der Waals surface area contributed by atoms with Crippen LogP contribution in [0.1, 0.15) is 23.2 Å². The molecule has 0 bridgehead atoms. The van der Waals surface area contributed by atoms with Crippen molar-refractivity contribution >= 4 is 29.2 Å². The van der Waals surface area contributed by atoms with Gasteiger partial charge in [-0.1, -0.05) is 0 Å². The zero-order valence-corrected chi connectivity index (χ0v) is 17.6. The van der Waals surface area contributed by atoms with Gasteiger partial charge in [0, 0.05) is 47.7 Å². The largest absolute Gasteiger partial charge is 0.496 e. The number of rotatable bonds is 6. The molecule has 0 saturated carbocycles. The van der Waals surface area contributed by atoms with E-state index >= 15 is 0 Å². The van der Waals surface area contributed by atoms with Gasteiger partial charge in [0.05, 0.1) is 25.1 Å². The average Bonchev–Trinajstić information content (AvgIpc) is 2.96. The predicted octanol–water partition coefficient (Wildman–Crippen LogP) is 0.904. The lowest BCUT2D eigenvalue weighted by atomic mass is 10.0. The SMILES string of the molecule is COc1c(C)cnc(CN2N=C3CC(NCCO)C4=C3C(=N2)C(N)=NSC4)c1C. The highest BCUT2D eigenvalue weighted by molar-refractivity contribution is 7.98. The molecule has 10 heteroatoms. The number of amidine groups is 1. The van der Waals surface area contributed by atoms with Gasteiger partial charge >= 0.3 is 0 Å². The smallest absolute Gasteiger partial charge is 0.160 e. The minimum Gasteiger partial charge on any atom is -0.496 e. The fourth-order valence-corrected chi connectivity index (χ4v) is 4.70. The molecular formula is C19H25N7O2S. The Morgan fingerprint density at radius 1 is 1.38 bits per heavy atom. The molecule has 0 aromatic carbocycles. The number of methoxy groups -OCH3 is 1. The molecule has 0 saturated heterocycles. The Balaban J connectivity index is 1.68. The topological polar surface area (TPSA) is 121 Å². The van der Waals surface area contributed by atoms with E-state index in [-0.39, 0.29) is 12.6 Å². The van der Waals surface area contributed by atoms with Crippen molar-refractivity contribution in [3.63, 3.8) is 0 Å². The summed E-state index contributed by atoms with van der Waals surface area (Å²) in [7, 11) is 1.66. The second-order valence-corrected chi connectivity index (χ2v) is 7.89. The van der Waals surface area contributed by atoms with Crippen LogP contribution in [0.2, 0.25) is 0 Å². The lowest BCUT2D eigenvalue weighted by Gasteiger charge is -2.23. The lowest BCUT2D eigenvalue weighted by molar-refractivity contribution is 0.285. The maximum atomic E-state index is 9.20. The Morgan fingerprint density at radius 2 is 2.21 bits per heavy atom. The molecular weight excluding hydrogens is 390 g/mol. The summed E-state index contributed by atoms with van der Waals surface area (Å²) >= 11 is 1.42. The molecule has 2 aliphatic heterocycles. The number of aryl methyl sites for hydroxylation is 1. The summed E-state index contributed by atoms with van der Waals surface area (Å²) in [4.78, 5) is 4.56. The molecule has 4 rings (SSSR count). The van der Waals surface area contributed by atoms with Gasteiger partial charge in [-0.15, -0.1) is 0 Å². The normalized spacial score (nSPS) is 20.8. The first-order valence-electron chi connectivity index (χ1n) is 9.50. The molecule has 0 spiro atoms. The van der Waals surface area contributed by atoms with Crippen LogP contribution in [0.3, 0.4) is 0 Å². The molecule has 154 valence electrons. The van der Waals surface area contributed by atoms with Crippen LogP contribution in [0.4, 0.5) is 0 Å². The molecule has 3 aliphatic rings. The van der Waals surface area contributed by atoms with Crippen molar-refractivity contribution in [3.8, 4) is 5.75 Å². The molecule has 0 amide bonds. The summed E-state index contributed by atoms with van der Waals surface area (Å²) in [6.45, 7) is 4.99. The molecule has 1 atom stereocenters. The Morgan fingerprint density at radius 3 is 2.97 bits per heavy atom. The van der Waals surface area contributed by atoms with Gasteiger partial charge in [-0.3, -0.25) is 4.98 Å². The minimum atomic E-state index is 0.0879. The first-order valence-corrected chi connectivity index (χ1v) is 10.4. The van der Waals surface area contributed by atoms with Crippen molar-refractivity contribution in [1.82, 2.24) is 15.4 Å². The standard InChI is InChI=1S/C19H25N7O2S/c1-10-7-22-15(11(2)18(10)28-3)8-26-23-14-6-13(21-4-5-27)12-9-29-25-19(20)17(24-26)16(12)14/h7,13,21,27H,4-6,8-9H2,1-3H3,(H2,20,25). The first kappa shape index (κ1) is 19.9. The fraction of sp³-hybridized carbons (Fsp3) is 0.474. The van der Waals surface area contributed by atoms with Gasteiger partial charge in [0.1, 0.15) is 18.0 Å². The van der Waals surface area contributed by atoms with Crippen LogP contribution < -0.4 is 15.8 Å². The van der Waals surface area contributed by atoms with Crippen molar-refractivity contribution in [2.45, 2.75) is 32.9 Å². The van der Waals surface area contributed by atoms with Crippen molar-refractivity contribution in [2.75, 3.05) is 26.0 Å². The molecule has 0 fully saturated rings. The van der Waals surface area contributed by atoms with E-state index in [0.717, 1.165) is 46.0 Å². The Bertz CT molecular complexity index is 954. The highest BCUT2D eigenvalue weighted by Crippen LogP contribution is 2.34. The van der Waals surface area contributed by atoms with Crippen LogP contribution >= 0.6 is 11.9 Å². The minimum absolute atomic E-state index is 0.0879. The summed E-state index contributed by atoms with van der Waals surface area (Å²) in [6.07, 6.45) is 2.54. The van der Waals surface area contributed by atoms with Gasteiger partial charge in [-0.25, -0.2) is 0 Å².